The van der Waals surface area contributed by atoms with Crippen molar-refractivity contribution in [3.8, 4) is 0 Å². The highest BCUT2D eigenvalue weighted by molar-refractivity contribution is 6.04. The molecule has 7 heteroatoms. The Morgan fingerprint density at radius 2 is 1.68 bits per heavy atom. The molecule has 144 valence electrons. The molecule has 0 bridgehead atoms. The molecule has 0 aliphatic rings. The fourth-order valence-corrected chi connectivity index (χ4v) is 3.06. The third-order valence-corrected chi connectivity index (χ3v) is 4.49. The van der Waals surface area contributed by atoms with Crippen molar-refractivity contribution in [3.63, 3.8) is 0 Å². The maximum Gasteiger partial charge on any atom is 0.275 e. The van der Waals surface area contributed by atoms with Gasteiger partial charge in [0.2, 0.25) is 5.91 Å². The highest BCUT2D eigenvalue weighted by atomic mass is 16.2. The number of hydrogen-bond acceptors (Lipinski definition) is 4. The molecule has 0 aliphatic carbocycles. The Hall–Kier alpha value is -3.48. The molecule has 0 radical (unpaired) electrons. The molecule has 0 saturated heterocycles. The van der Waals surface area contributed by atoms with Gasteiger partial charge in [0.25, 0.3) is 11.5 Å². The first kappa shape index (κ1) is 19.3. The van der Waals surface area contributed by atoms with E-state index >= 15 is 0 Å². The van der Waals surface area contributed by atoms with E-state index in [2.05, 4.69) is 5.10 Å². The van der Waals surface area contributed by atoms with Gasteiger partial charge in [-0.1, -0.05) is 49.7 Å². The lowest BCUT2D eigenvalue weighted by molar-refractivity contribution is -0.119. The summed E-state index contributed by atoms with van der Waals surface area (Å²) in [5, 5.41) is 4.77. The van der Waals surface area contributed by atoms with Crippen molar-refractivity contribution in [2.24, 2.45) is 5.73 Å². The van der Waals surface area contributed by atoms with Crippen LogP contribution in [0.25, 0.3) is 10.8 Å². The zero-order chi connectivity index (χ0) is 20.1. The summed E-state index contributed by atoms with van der Waals surface area (Å²) in [5.74, 6) is -1.02. The molecule has 3 rings (SSSR count). The van der Waals surface area contributed by atoms with E-state index in [9.17, 15) is 14.4 Å². The largest absolute Gasteiger partial charge is 0.364 e. The Balaban J connectivity index is 2.00. The Bertz CT molecular complexity index is 1060. The van der Waals surface area contributed by atoms with Crippen molar-refractivity contribution >= 4 is 28.3 Å². The van der Waals surface area contributed by atoms with Crippen molar-refractivity contribution in [1.82, 2.24) is 9.78 Å². The molecule has 0 aliphatic heterocycles. The predicted octanol–water partition coefficient (Wildman–Crippen LogP) is 2.33. The normalized spacial score (nSPS) is 10.8. The van der Waals surface area contributed by atoms with E-state index in [0.29, 0.717) is 17.3 Å². The van der Waals surface area contributed by atoms with Gasteiger partial charge in [-0.15, -0.1) is 0 Å². The third kappa shape index (κ3) is 3.93. The van der Waals surface area contributed by atoms with Gasteiger partial charge in [-0.2, -0.15) is 5.10 Å². The van der Waals surface area contributed by atoms with Gasteiger partial charge in [0.1, 0.15) is 6.54 Å². The van der Waals surface area contributed by atoms with Gasteiger partial charge in [0, 0.05) is 17.6 Å². The molecular formula is C21H22N4O3. The van der Waals surface area contributed by atoms with Crippen LogP contribution in [0.5, 0.6) is 0 Å². The SMILES string of the molecule is CCCCN(C(=O)Cn1nc(C(N)=O)c2ccccc2c1=O)c1ccccc1. The molecule has 2 amide bonds. The number of benzene rings is 2. The van der Waals surface area contributed by atoms with E-state index in [4.69, 9.17) is 5.73 Å². The maximum atomic E-state index is 13.0. The van der Waals surface area contributed by atoms with Gasteiger partial charge >= 0.3 is 0 Å². The van der Waals surface area contributed by atoms with Crippen LogP contribution in [0.2, 0.25) is 0 Å². The summed E-state index contributed by atoms with van der Waals surface area (Å²) in [5.41, 5.74) is 5.73. The molecule has 0 saturated carbocycles. The minimum atomic E-state index is -0.747. The zero-order valence-electron chi connectivity index (χ0n) is 15.7. The summed E-state index contributed by atoms with van der Waals surface area (Å²) in [6.07, 6.45) is 1.75. The fourth-order valence-electron chi connectivity index (χ4n) is 3.06. The number of fused-ring (bicyclic) bond motifs is 1. The van der Waals surface area contributed by atoms with Gasteiger partial charge in [0.15, 0.2) is 5.69 Å². The van der Waals surface area contributed by atoms with Crippen molar-refractivity contribution in [2.75, 3.05) is 11.4 Å². The Morgan fingerprint density at radius 3 is 2.32 bits per heavy atom. The summed E-state index contributed by atoms with van der Waals surface area (Å²) < 4.78 is 1.02. The first-order valence-corrected chi connectivity index (χ1v) is 9.18. The van der Waals surface area contributed by atoms with Crippen LogP contribution in [0.15, 0.2) is 59.4 Å². The van der Waals surface area contributed by atoms with Gasteiger partial charge in [-0.25, -0.2) is 4.68 Å². The molecule has 28 heavy (non-hydrogen) atoms. The van der Waals surface area contributed by atoms with E-state index in [-0.39, 0.29) is 18.1 Å². The summed E-state index contributed by atoms with van der Waals surface area (Å²) in [6.45, 7) is 2.30. The molecule has 2 aromatic carbocycles. The molecule has 1 aromatic heterocycles. The number of rotatable bonds is 7. The number of nitrogens with zero attached hydrogens (tertiary/aromatic N) is 3. The summed E-state index contributed by atoms with van der Waals surface area (Å²) in [4.78, 5) is 39.2. The number of primary amides is 1. The summed E-state index contributed by atoms with van der Waals surface area (Å²) in [7, 11) is 0. The number of unbranched alkanes of at least 4 members (excludes halogenated alkanes) is 1. The van der Waals surface area contributed by atoms with Gasteiger partial charge in [-0.05, 0) is 24.6 Å². The second kappa shape index (κ2) is 8.47. The Kier molecular flexibility index (Phi) is 5.84. The molecule has 0 fully saturated rings. The number of para-hydroxylation sites is 1. The average molecular weight is 378 g/mol. The monoisotopic (exact) mass is 378 g/mol. The first-order valence-electron chi connectivity index (χ1n) is 9.18. The lowest BCUT2D eigenvalue weighted by Gasteiger charge is -2.23. The molecular weight excluding hydrogens is 356 g/mol. The zero-order valence-corrected chi connectivity index (χ0v) is 15.7. The molecule has 0 spiro atoms. The van der Waals surface area contributed by atoms with Gasteiger partial charge < -0.3 is 10.6 Å². The van der Waals surface area contributed by atoms with Crippen LogP contribution in [0.1, 0.15) is 30.3 Å². The van der Waals surface area contributed by atoms with E-state index in [1.165, 1.54) is 0 Å². The number of amides is 2. The smallest absolute Gasteiger partial charge is 0.275 e. The number of carbonyl (C=O) groups is 2. The number of hydrogen-bond donors (Lipinski definition) is 1. The molecule has 7 nitrogen and oxygen atoms in total. The highest BCUT2D eigenvalue weighted by Crippen LogP contribution is 2.16. The molecule has 2 N–H and O–H groups in total. The van der Waals surface area contributed by atoms with E-state index < -0.39 is 11.5 Å². The Labute approximate surface area is 162 Å². The van der Waals surface area contributed by atoms with E-state index in [1.54, 1.807) is 29.2 Å². The second-order valence-corrected chi connectivity index (χ2v) is 6.46. The minimum Gasteiger partial charge on any atom is -0.364 e. The number of carbonyl (C=O) groups excluding carboxylic acids is 2. The van der Waals surface area contributed by atoms with Gasteiger partial charge in [0.05, 0.1) is 5.39 Å². The minimum absolute atomic E-state index is 0.0252. The number of anilines is 1. The van der Waals surface area contributed by atoms with Crippen molar-refractivity contribution in [1.29, 1.82) is 0 Å². The van der Waals surface area contributed by atoms with Crippen LogP contribution in [0.3, 0.4) is 0 Å². The van der Waals surface area contributed by atoms with Crippen LogP contribution in [0.4, 0.5) is 5.69 Å². The number of aromatic nitrogens is 2. The maximum absolute atomic E-state index is 13.0. The molecule has 0 atom stereocenters. The van der Waals surface area contributed by atoms with Crippen molar-refractivity contribution in [3.05, 3.63) is 70.6 Å². The summed E-state index contributed by atoms with van der Waals surface area (Å²) >= 11 is 0. The topological polar surface area (TPSA) is 98.3 Å². The predicted molar refractivity (Wildman–Crippen MR) is 108 cm³/mol. The quantitative estimate of drug-likeness (QED) is 0.682. The van der Waals surface area contributed by atoms with Crippen LogP contribution in [-0.4, -0.2) is 28.1 Å². The summed E-state index contributed by atoms with van der Waals surface area (Å²) in [6, 6.07) is 15.9. The standard InChI is InChI=1S/C21H22N4O3/c1-2-3-13-24(15-9-5-4-6-10-15)18(26)14-25-21(28)17-12-8-7-11-16(17)19(23-25)20(22)27/h4-12H,2-3,13-14H2,1H3,(H2,22,27). The van der Waals surface area contributed by atoms with Crippen molar-refractivity contribution < 1.29 is 9.59 Å². The van der Waals surface area contributed by atoms with Crippen LogP contribution in [0, 0.1) is 0 Å². The molecule has 1 heterocycles. The second-order valence-electron chi connectivity index (χ2n) is 6.46. The third-order valence-electron chi connectivity index (χ3n) is 4.49. The van der Waals surface area contributed by atoms with Crippen molar-refractivity contribution in [2.45, 2.75) is 26.3 Å². The van der Waals surface area contributed by atoms with Gasteiger partial charge in [-0.3, -0.25) is 14.4 Å². The number of nitrogens with two attached hydrogens (primary N) is 1. The molecule has 3 aromatic rings. The van der Waals surface area contributed by atoms with Crippen LogP contribution >= 0.6 is 0 Å². The van der Waals surface area contributed by atoms with E-state index in [1.807, 2.05) is 37.3 Å². The lowest BCUT2D eigenvalue weighted by atomic mass is 10.1. The Morgan fingerprint density at radius 1 is 1.04 bits per heavy atom. The first-order chi connectivity index (χ1) is 13.5. The lowest BCUT2D eigenvalue weighted by Crippen LogP contribution is -2.39. The molecule has 0 unspecified atom stereocenters. The highest BCUT2D eigenvalue weighted by Gasteiger charge is 2.20. The van der Waals surface area contributed by atoms with Crippen LogP contribution < -0.4 is 16.2 Å². The van der Waals surface area contributed by atoms with E-state index in [0.717, 1.165) is 23.2 Å². The fraction of sp³-hybridized carbons (Fsp3) is 0.238. The average Bonchev–Trinajstić information content (AvgIpc) is 2.71. The van der Waals surface area contributed by atoms with Crippen LogP contribution in [-0.2, 0) is 11.3 Å².